The smallest absolute Gasteiger partial charge is 0.324 e. The largest absolute Gasteiger partial charge is 0.468 e. The van der Waals surface area contributed by atoms with Gasteiger partial charge in [0, 0.05) is 13.0 Å². The molecular weight excluding hydrogens is 468 g/mol. The molecule has 3 atom stereocenters. The van der Waals surface area contributed by atoms with Crippen LogP contribution in [0.1, 0.15) is 46.0 Å². The van der Waals surface area contributed by atoms with Crippen LogP contribution in [0.15, 0.2) is 29.2 Å². The van der Waals surface area contributed by atoms with Crippen molar-refractivity contribution in [2.75, 3.05) is 24.1 Å². The Balaban J connectivity index is 1.65. The van der Waals surface area contributed by atoms with E-state index < -0.39 is 42.9 Å². The number of carbonyl (C=O) groups is 2. The summed E-state index contributed by atoms with van der Waals surface area (Å²) in [6.45, 7) is 4.03. The quantitative estimate of drug-likeness (QED) is 0.571. The van der Waals surface area contributed by atoms with Crippen LogP contribution < -0.4 is 4.72 Å². The fourth-order valence-electron chi connectivity index (χ4n) is 5.94. The number of esters is 1. The number of carbonyl (C=O) groups excluding carboxylic acids is 2. The zero-order valence-corrected chi connectivity index (χ0v) is 20.7. The molecule has 1 aromatic rings. The lowest BCUT2D eigenvalue weighted by Gasteiger charge is -2.36. The Labute approximate surface area is 195 Å². The number of hydrogen-bond acceptors (Lipinski definition) is 7. The lowest BCUT2D eigenvalue weighted by Crippen LogP contribution is -2.44. The molecule has 9 nitrogen and oxygen atoms in total. The molecule has 11 heteroatoms. The summed E-state index contributed by atoms with van der Waals surface area (Å²) in [4.78, 5) is 24.7. The van der Waals surface area contributed by atoms with Crippen LogP contribution >= 0.6 is 0 Å². The number of Topliss-reactive ketones (excluding diaryl/α,β-unsaturated/α-hetero) is 1. The molecule has 33 heavy (non-hydrogen) atoms. The number of nitrogens with zero attached hydrogens (tertiary/aromatic N) is 1. The van der Waals surface area contributed by atoms with Crippen LogP contribution in [-0.4, -0.2) is 58.3 Å². The molecule has 0 aromatic heterocycles. The topological polar surface area (TPSA) is 127 Å². The summed E-state index contributed by atoms with van der Waals surface area (Å²) in [7, 11) is -7.03. The molecule has 3 aliphatic rings. The van der Waals surface area contributed by atoms with Gasteiger partial charge in [0.25, 0.3) is 0 Å². The highest BCUT2D eigenvalue weighted by atomic mass is 32.2. The van der Waals surface area contributed by atoms with Crippen molar-refractivity contribution in [3.63, 3.8) is 0 Å². The average Bonchev–Trinajstić information content (AvgIpc) is 3.37. The molecule has 0 amide bonds. The maximum absolute atomic E-state index is 13.4. The second-order valence-electron chi connectivity index (χ2n) is 9.82. The first kappa shape index (κ1) is 24.2. The third kappa shape index (κ3) is 3.77. The predicted octanol–water partition coefficient (Wildman–Crippen LogP) is 2.15. The second kappa shape index (κ2) is 8.06. The highest BCUT2D eigenvalue weighted by molar-refractivity contribution is 7.93. The summed E-state index contributed by atoms with van der Waals surface area (Å²) >= 11 is 0. The van der Waals surface area contributed by atoms with Gasteiger partial charge in [-0.15, -0.1) is 0 Å². The molecule has 3 fully saturated rings. The minimum absolute atomic E-state index is 0.0342. The molecule has 1 aliphatic heterocycles. The van der Waals surface area contributed by atoms with E-state index in [1.807, 2.05) is 13.8 Å². The number of sulfonamides is 2. The number of nitrogens with one attached hydrogen (secondary N) is 1. The first-order chi connectivity index (χ1) is 15.4. The first-order valence-electron chi connectivity index (χ1n) is 11.1. The monoisotopic (exact) mass is 498 g/mol. The Morgan fingerprint density at radius 3 is 2.48 bits per heavy atom. The fourth-order valence-corrected chi connectivity index (χ4v) is 9.71. The maximum atomic E-state index is 13.4. The summed E-state index contributed by atoms with van der Waals surface area (Å²) in [6.07, 6.45) is 2.54. The third-order valence-electron chi connectivity index (χ3n) is 7.99. The van der Waals surface area contributed by atoms with Gasteiger partial charge in [0.1, 0.15) is 16.7 Å². The molecular formula is C22H30N2O7S2. The number of para-hydroxylation sites is 1. The molecule has 182 valence electrons. The van der Waals surface area contributed by atoms with Crippen LogP contribution in [0.5, 0.6) is 0 Å². The minimum atomic E-state index is -4.18. The van der Waals surface area contributed by atoms with Gasteiger partial charge in [0.15, 0.2) is 0 Å². The molecule has 0 spiro atoms. The molecule has 2 bridgehead atoms. The van der Waals surface area contributed by atoms with Crippen LogP contribution in [0.4, 0.5) is 5.69 Å². The van der Waals surface area contributed by atoms with E-state index in [9.17, 15) is 26.4 Å². The summed E-state index contributed by atoms with van der Waals surface area (Å²) in [6, 6.07) is 4.78. The van der Waals surface area contributed by atoms with Gasteiger partial charge in [-0.3, -0.25) is 14.3 Å². The van der Waals surface area contributed by atoms with Crippen LogP contribution in [-0.2, 0) is 34.4 Å². The van der Waals surface area contributed by atoms with Crippen LogP contribution in [0.2, 0.25) is 0 Å². The van der Waals surface area contributed by atoms with Crippen molar-refractivity contribution in [3.8, 4) is 0 Å². The zero-order valence-electron chi connectivity index (χ0n) is 19.0. The SMILES string of the molecule is COC(=O)[C@@H]1CCCN1S(=O)(=O)c1ccccc1NS(=O)(=O)C[C@@]12CC[C@@H](CC1=O)C2(C)C. The summed E-state index contributed by atoms with van der Waals surface area (Å²) in [5, 5.41) is 0. The van der Waals surface area contributed by atoms with Crippen LogP contribution in [0, 0.1) is 16.7 Å². The molecule has 1 heterocycles. The number of ether oxygens (including phenoxy) is 1. The van der Waals surface area contributed by atoms with Crippen molar-refractivity contribution in [1.82, 2.24) is 4.31 Å². The molecule has 0 unspecified atom stereocenters. The van der Waals surface area contributed by atoms with Crippen LogP contribution in [0.3, 0.4) is 0 Å². The number of benzene rings is 1. The summed E-state index contributed by atoms with van der Waals surface area (Å²) in [5.41, 5.74) is -1.50. The Kier molecular flexibility index (Phi) is 5.90. The van der Waals surface area contributed by atoms with E-state index in [0.717, 1.165) is 10.7 Å². The van der Waals surface area contributed by atoms with Crippen molar-refractivity contribution in [2.24, 2.45) is 16.7 Å². The van der Waals surface area contributed by atoms with E-state index in [1.165, 1.54) is 31.4 Å². The zero-order chi connectivity index (χ0) is 24.2. The second-order valence-corrected chi connectivity index (χ2v) is 13.4. The first-order valence-corrected chi connectivity index (χ1v) is 14.2. The van der Waals surface area contributed by atoms with Crippen molar-refractivity contribution in [2.45, 2.75) is 56.9 Å². The number of methoxy groups -OCH3 is 1. The normalized spacial score (nSPS) is 29.4. The lowest BCUT2D eigenvalue weighted by atomic mass is 9.70. The van der Waals surface area contributed by atoms with E-state index in [4.69, 9.17) is 4.74 Å². The Bertz CT molecular complexity index is 1190. The van der Waals surface area contributed by atoms with Gasteiger partial charge >= 0.3 is 5.97 Å². The number of hydrogen-bond donors (Lipinski definition) is 1. The standard InChI is InChI=1S/C22H30N2O7S2/c1-21(2)15-10-11-22(21,19(25)13-15)14-32(27,28)23-16-7-4-5-9-18(16)33(29,30)24-12-6-8-17(24)20(26)31-3/h4-5,7,9,15,17,23H,6,8,10-14H2,1-3H3/t15-,17-,22-/m0/s1. The van der Waals surface area contributed by atoms with Crippen LogP contribution in [0.25, 0.3) is 0 Å². The molecule has 1 saturated heterocycles. The van der Waals surface area contributed by atoms with Gasteiger partial charge in [-0.25, -0.2) is 16.8 Å². The van der Waals surface area contributed by atoms with Crippen molar-refractivity contribution >= 4 is 37.5 Å². The maximum Gasteiger partial charge on any atom is 0.324 e. The fraction of sp³-hybridized carbons (Fsp3) is 0.636. The van der Waals surface area contributed by atoms with E-state index in [0.29, 0.717) is 25.7 Å². The minimum Gasteiger partial charge on any atom is -0.468 e. The average molecular weight is 499 g/mol. The Morgan fingerprint density at radius 1 is 1.18 bits per heavy atom. The Morgan fingerprint density at radius 2 is 1.88 bits per heavy atom. The number of rotatable bonds is 7. The molecule has 4 rings (SSSR count). The van der Waals surface area contributed by atoms with Crippen molar-refractivity contribution in [3.05, 3.63) is 24.3 Å². The summed E-state index contributed by atoms with van der Waals surface area (Å²) in [5.74, 6) is -0.900. The number of ketones is 1. The van der Waals surface area contributed by atoms with E-state index in [1.54, 1.807) is 0 Å². The summed E-state index contributed by atoms with van der Waals surface area (Å²) < 4.78 is 61.6. The number of anilines is 1. The van der Waals surface area contributed by atoms with Gasteiger partial charge in [-0.05, 0) is 49.1 Å². The lowest BCUT2D eigenvalue weighted by molar-refractivity contribution is -0.144. The Hall–Kier alpha value is -1.98. The molecule has 1 N–H and O–H groups in total. The highest BCUT2D eigenvalue weighted by Gasteiger charge is 2.65. The molecule has 2 aliphatic carbocycles. The molecule has 0 radical (unpaired) electrons. The van der Waals surface area contributed by atoms with E-state index in [-0.39, 0.29) is 34.6 Å². The molecule has 2 saturated carbocycles. The highest BCUT2D eigenvalue weighted by Crippen LogP contribution is 2.64. The number of fused-ring (bicyclic) bond motifs is 2. The van der Waals surface area contributed by atoms with Gasteiger partial charge in [0.2, 0.25) is 20.0 Å². The van der Waals surface area contributed by atoms with E-state index >= 15 is 0 Å². The van der Waals surface area contributed by atoms with Gasteiger partial charge in [0.05, 0.1) is 24.0 Å². The van der Waals surface area contributed by atoms with Crippen molar-refractivity contribution in [1.29, 1.82) is 0 Å². The van der Waals surface area contributed by atoms with Gasteiger partial charge < -0.3 is 4.74 Å². The molecule has 1 aromatic carbocycles. The van der Waals surface area contributed by atoms with Gasteiger partial charge in [-0.1, -0.05) is 26.0 Å². The third-order valence-corrected chi connectivity index (χ3v) is 11.4. The van der Waals surface area contributed by atoms with Gasteiger partial charge in [-0.2, -0.15) is 4.31 Å². The van der Waals surface area contributed by atoms with Crippen molar-refractivity contribution < 1.29 is 31.2 Å². The predicted molar refractivity (Wildman–Crippen MR) is 121 cm³/mol. The van der Waals surface area contributed by atoms with E-state index in [2.05, 4.69) is 4.72 Å².